The number of nitrogens with one attached hydrogen (secondary N) is 1. The lowest BCUT2D eigenvalue weighted by Gasteiger charge is -2.36. The van der Waals surface area contributed by atoms with Gasteiger partial charge in [0.15, 0.2) is 0 Å². The topological polar surface area (TPSA) is 65.5 Å². The van der Waals surface area contributed by atoms with Crippen molar-refractivity contribution in [1.29, 1.82) is 0 Å². The Labute approximate surface area is 158 Å². The van der Waals surface area contributed by atoms with Gasteiger partial charge in [-0.15, -0.1) is 0 Å². The lowest BCUT2D eigenvalue weighted by molar-refractivity contribution is 0.0746. The second kappa shape index (κ2) is 8.16. The van der Waals surface area contributed by atoms with Crippen LogP contribution >= 0.6 is 0 Å². The van der Waals surface area contributed by atoms with Crippen molar-refractivity contribution in [2.24, 2.45) is 0 Å². The van der Waals surface area contributed by atoms with E-state index in [1.165, 1.54) is 24.4 Å². The summed E-state index contributed by atoms with van der Waals surface area (Å²) in [7, 11) is 0. The van der Waals surface area contributed by atoms with Crippen LogP contribution in [-0.2, 0) is 0 Å². The molecule has 1 fully saturated rings. The number of carbonyl (C=O) groups excluding carboxylic acids is 2. The molecule has 0 radical (unpaired) electrons. The van der Waals surface area contributed by atoms with Crippen LogP contribution in [0.5, 0.6) is 0 Å². The minimum atomic E-state index is -0.291. The monoisotopic (exact) mass is 370 g/mol. The molecule has 1 N–H and O–H groups in total. The van der Waals surface area contributed by atoms with Crippen LogP contribution in [0.15, 0.2) is 42.6 Å². The SMILES string of the molecule is CC(C)NC(=O)c1cc(C(=O)N2CCN(c3ccc(F)cc3)CC2)ccn1. The molecule has 1 aromatic carbocycles. The van der Waals surface area contributed by atoms with Crippen LogP contribution in [0.2, 0.25) is 0 Å². The maximum Gasteiger partial charge on any atom is 0.270 e. The number of piperazine rings is 1. The van der Waals surface area contributed by atoms with Crippen molar-refractivity contribution in [2.45, 2.75) is 19.9 Å². The lowest BCUT2D eigenvalue weighted by Crippen LogP contribution is -2.48. The van der Waals surface area contributed by atoms with E-state index in [4.69, 9.17) is 0 Å². The normalized spacial score (nSPS) is 14.4. The Morgan fingerprint density at radius 2 is 1.74 bits per heavy atom. The van der Waals surface area contributed by atoms with Gasteiger partial charge < -0.3 is 15.1 Å². The molecule has 1 aromatic heterocycles. The number of carbonyl (C=O) groups is 2. The first-order chi connectivity index (χ1) is 12.9. The molecule has 2 aromatic rings. The molecule has 0 aliphatic carbocycles. The predicted octanol–water partition coefficient (Wildman–Crippen LogP) is 2.32. The van der Waals surface area contributed by atoms with Crippen LogP contribution in [-0.4, -0.2) is 53.9 Å². The number of amides is 2. The zero-order valence-electron chi connectivity index (χ0n) is 15.5. The van der Waals surface area contributed by atoms with E-state index >= 15 is 0 Å². The van der Waals surface area contributed by atoms with Crippen molar-refractivity contribution in [3.63, 3.8) is 0 Å². The van der Waals surface area contributed by atoms with Crippen molar-refractivity contribution in [3.8, 4) is 0 Å². The largest absolute Gasteiger partial charge is 0.368 e. The highest BCUT2D eigenvalue weighted by Crippen LogP contribution is 2.18. The minimum absolute atomic E-state index is 0.00167. The molecule has 7 heteroatoms. The van der Waals surface area contributed by atoms with Crippen molar-refractivity contribution < 1.29 is 14.0 Å². The van der Waals surface area contributed by atoms with E-state index < -0.39 is 0 Å². The molecule has 2 heterocycles. The number of halogens is 1. The smallest absolute Gasteiger partial charge is 0.270 e. The van der Waals surface area contributed by atoms with Crippen molar-refractivity contribution in [3.05, 3.63) is 59.7 Å². The number of rotatable bonds is 4. The first-order valence-electron chi connectivity index (χ1n) is 9.01. The Hall–Kier alpha value is -2.96. The molecular formula is C20H23FN4O2. The molecule has 1 saturated heterocycles. The van der Waals surface area contributed by atoms with E-state index in [9.17, 15) is 14.0 Å². The molecule has 1 aliphatic heterocycles. The summed E-state index contributed by atoms with van der Waals surface area (Å²) in [6.45, 7) is 6.20. The van der Waals surface area contributed by atoms with Crippen LogP contribution in [0.3, 0.4) is 0 Å². The van der Waals surface area contributed by atoms with Crippen LogP contribution < -0.4 is 10.2 Å². The predicted molar refractivity (Wildman–Crippen MR) is 101 cm³/mol. The van der Waals surface area contributed by atoms with Gasteiger partial charge in [-0.25, -0.2) is 4.39 Å². The maximum atomic E-state index is 13.1. The Kier molecular flexibility index (Phi) is 5.69. The Balaban J connectivity index is 1.64. The molecule has 0 unspecified atom stereocenters. The van der Waals surface area contributed by atoms with E-state index in [0.717, 1.165) is 5.69 Å². The van der Waals surface area contributed by atoms with Gasteiger partial charge in [0.05, 0.1) is 0 Å². The van der Waals surface area contributed by atoms with Gasteiger partial charge in [0.2, 0.25) is 0 Å². The van der Waals surface area contributed by atoms with Gasteiger partial charge in [0.25, 0.3) is 11.8 Å². The quantitative estimate of drug-likeness (QED) is 0.897. The molecule has 142 valence electrons. The average molecular weight is 370 g/mol. The third-order valence-corrected chi connectivity index (χ3v) is 4.42. The summed E-state index contributed by atoms with van der Waals surface area (Å²) in [5.41, 5.74) is 1.63. The fraction of sp³-hybridized carbons (Fsp3) is 0.350. The summed E-state index contributed by atoms with van der Waals surface area (Å²) in [5, 5.41) is 2.77. The second-order valence-corrected chi connectivity index (χ2v) is 6.81. The van der Waals surface area contributed by atoms with Gasteiger partial charge in [-0.2, -0.15) is 0 Å². The fourth-order valence-electron chi connectivity index (χ4n) is 3.03. The number of benzene rings is 1. The molecule has 27 heavy (non-hydrogen) atoms. The summed E-state index contributed by atoms with van der Waals surface area (Å²) in [4.78, 5) is 32.8. The number of aromatic nitrogens is 1. The summed E-state index contributed by atoms with van der Waals surface area (Å²) in [5.74, 6) is -0.668. The van der Waals surface area contributed by atoms with Crippen LogP contribution in [0.4, 0.5) is 10.1 Å². The molecule has 1 aliphatic rings. The molecule has 3 rings (SSSR count). The molecule has 0 saturated carbocycles. The number of anilines is 1. The van der Waals surface area contributed by atoms with Crippen molar-refractivity contribution >= 4 is 17.5 Å². The highest BCUT2D eigenvalue weighted by atomic mass is 19.1. The molecule has 0 spiro atoms. The van der Waals surface area contributed by atoms with Gasteiger partial charge in [0, 0.05) is 49.7 Å². The van der Waals surface area contributed by atoms with E-state index in [-0.39, 0.29) is 29.4 Å². The second-order valence-electron chi connectivity index (χ2n) is 6.81. The first-order valence-corrected chi connectivity index (χ1v) is 9.01. The molecular weight excluding hydrogens is 347 g/mol. The molecule has 6 nitrogen and oxygen atoms in total. The highest BCUT2D eigenvalue weighted by Gasteiger charge is 2.23. The van der Waals surface area contributed by atoms with E-state index in [1.54, 1.807) is 23.1 Å². The van der Waals surface area contributed by atoms with E-state index in [1.807, 2.05) is 13.8 Å². The van der Waals surface area contributed by atoms with Gasteiger partial charge in [-0.3, -0.25) is 14.6 Å². The summed E-state index contributed by atoms with van der Waals surface area (Å²) in [6.07, 6.45) is 1.48. The number of hydrogen-bond acceptors (Lipinski definition) is 4. The Morgan fingerprint density at radius 3 is 2.37 bits per heavy atom. The van der Waals surface area contributed by atoms with Gasteiger partial charge in [0.1, 0.15) is 11.5 Å². The summed E-state index contributed by atoms with van der Waals surface area (Å²) >= 11 is 0. The van der Waals surface area contributed by atoms with E-state index in [2.05, 4.69) is 15.2 Å². The lowest BCUT2D eigenvalue weighted by atomic mass is 10.1. The first kappa shape index (κ1) is 18.8. The number of pyridine rings is 1. The van der Waals surface area contributed by atoms with Gasteiger partial charge >= 0.3 is 0 Å². The van der Waals surface area contributed by atoms with Crippen LogP contribution in [0, 0.1) is 5.82 Å². The highest BCUT2D eigenvalue weighted by molar-refractivity contribution is 5.98. The average Bonchev–Trinajstić information content (AvgIpc) is 2.68. The van der Waals surface area contributed by atoms with Crippen LogP contribution in [0.1, 0.15) is 34.7 Å². The minimum Gasteiger partial charge on any atom is -0.368 e. The maximum absolute atomic E-state index is 13.1. The molecule has 2 amide bonds. The van der Waals surface area contributed by atoms with Crippen molar-refractivity contribution in [2.75, 3.05) is 31.1 Å². The zero-order chi connectivity index (χ0) is 19.4. The van der Waals surface area contributed by atoms with Crippen LogP contribution in [0.25, 0.3) is 0 Å². The molecule has 0 bridgehead atoms. The summed E-state index contributed by atoms with van der Waals surface area (Å²) < 4.78 is 13.1. The Bertz CT molecular complexity index is 815. The number of hydrogen-bond donors (Lipinski definition) is 1. The van der Waals surface area contributed by atoms with Crippen molar-refractivity contribution in [1.82, 2.24) is 15.2 Å². The van der Waals surface area contributed by atoms with E-state index in [0.29, 0.717) is 31.7 Å². The standard InChI is InChI=1S/C20H23FN4O2/c1-14(2)23-19(26)18-13-15(7-8-22-18)20(27)25-11-9-24(10-12-25)17-5-3-16(21)4-6-17/h3-8,13-14H,9-12H2,1-2H3,(H,23,26). The Morgan fingerprint density at radius 1 is 1.07 bits per heavy atom. The molecule has 0 atom stereocenters. The third kappa shape index (κ3) is 4.61. The van der Waals surface area contributed by atoms with Gasteiger partial charge in [-0.05, 0) is 50.2 Å². The summed E-state index contributed by atoms with van der Waals surface area (Å²) in [6, 6.07) is 9.53. The van der Waals surface area contributed by atoms with Gasteiger partial charge in [-0.1, -0.05) is 0 Å². The fourth-order valence-corrected chi connectivity index (χ4v) is 3.03. The zero-order valence-corrected chi connectivity index (χ0v) is 15.5. The number of nitrogens with zero attached hydrogens (tertiary/aromatic N) is 3. The third-order valence-electron chi connectivity index (χ3n) is 4.42.